The normalized spacial score (nSPS) is 20.6. The molecule has 4 nitrogen and oxygen atoms in total. The number of hydrogen-bond acceptors (Lipinski definition) is 2. The predicted octanol–water partition coefficient (Wildman–Crippen LogP) is 3.04. The smallest absolute Gasteiger partial charge is 0.321 e. The van der Waals surface area contributed by atoms with Crippen molar-refractivity contribution in [2.45, 2.75) is 25.3 Å². The second-order valence-corrected chi connectivity index (χ2v) is 5.98. The van der Waals surface area contributed by atoms with Crippen LogP contribution in [0.4, 0.5) is 10.5 Å². The quantitative estimate of drug-likeness (QED) is 0.910. The van der Waals surface area contributed by atoms with Crippen molar-refractivity contribution in [1.82, 2.24) is 9.80 Å². The van der Waals surface area contributed by atoms with E-state index in [1.165, 1.54) is 12.8 Å². The summed E-state index contributed by atoms with van der Waals surface area (Å²) in [5, 5.41) is 3.61. The van der Waals surface area contributed by atoms with Crippen LogP contribution in [0.2, 0.25) is 5.02 Å². The van der Waals surface area contributed by atoms with Crippen molar-refractivity contribution in [1.29, 1.82) is 0 Å². The lowest BCUT2D eigenvalue weighted by molar-refractivity contribution is 0.211. The Kier molecular flexibility index (Phi) is 4.13. The van der Waals surface area contributed by atoms with Gasteiger partial charge in [0.05, 0.1) is 0 Å². The van der Waals surface area contributed by atoms with Gasteiger partial charge >= 0.3 is 6.03 Å². The molecule has 3 rings (SSSR count). The van der Waals surface area contributed by atoms with E-state index in [9.17, 15) is 4.79 Å². The van der Waals surface area contributed by atoms with E-state index in [0.29, 0.717) is 5.02 Å². The fraction of sp³-hybridized carbons (Fsp3) is 0.533. The van der Waals surface area contributed by atoms with Crippen molar-refractivity contribution in [2.24, 2.45) is 0 Å². The van der Waals surface area contributed by atoms with E-state index < -0.39 is 0 Å². The van der Waals surface area contributed by atoms with E-state index in [0.717, 1.165) is 44.3 Å². The zero-order valence-corrected chi connectivity index (χ0v) is 12.3. The molecule has 20 heavy (non-hydrogen) atoms. The summed E-state index contributed by atoms with van der Waals surface area (Å²) < 4.78 is 0. The molecule has 1 heterocycles. The van der Waals surface area contributed by atoms with Crippen LogP contribution < -0.4 is 5.32 Å². The van der Waals surface area contributed by atoms with Crippen molar-refractivity contribution in [3.05, 3.63) is 29.3 Å². The molecule has 1 saturated heterocycles. The summed E-state index contributed by atoms with van der Waals surface area (Å²) >= 11 is 5.84. The van der Waals surface area contributed by atoms with Crippen LogP contribution in [0, 0.1) is 0 Å². The van der Waals surface area contributed by atoms with Crippen molar-refractivity contribution < 1.29 is 4.79 Å². The predicted molar refractivity (Wildman–Crippen MR) is 81.3 cm³/mol. The van der Waals surface area contributed by atoms with Gasteiger partial charge in [0.15, 0.2) is 0 Å². The Morgan fingerprint density at radius 1 is 1.10 bits per heavy atom. The first-order valence-corrected chi connectivity index (χ1v) is 7.66. The fourth-order valence-electron chi connectivity index (χ4n) is 2.68. The minimum Gasteiger partial charge on any atom is -0.323 e. The lowest BCUT2D eigenvalue weighted by Crippen LogP contribution is -2.38. The second-order valence-electron chi connectivity index (χ2n) is 5.54. The number of halogens is 1. The Bertz CT molecular complexity index is 473. The highest BCUT2D eigenvalue weighted by Crippen LogP contribution is 2.27. The highest BCUT2D eigenvalue weighted by Gasteiger charge is 2.30. The molecule has 1 aromatic rings. The molecule has 1 N–H and O–H groups in total. The number of urea groups is 1. The molecular weight excluding hydrogens is 274 g/mol. The second kappa shape index (κ2) is 6.02. The van der Waals surface area contributed by atoms with Gasteiger partial charge in [-0.05, 0) is 43.5 Å². The van der Waals surface area contributed by atoms with Gasteiger partial charge in [0.2, 0.25) is 0 Å². The average Bonchev–Trinajstić information content (AvgIpc) is 3.26. The van der Waals surface area contributed by atoms with Gasteiger partial charge < -0.3 is 10.2 Å². The molecular formula is C15H20ClN3O. The number of rotatable bonds is 2. The van der Waals surface area contributed by atoms with Gasteiger partial charge in [0, 0.05) is 42.9 Å². The van der Waals surface area contributed by atoms with Crippen molar-refractivity contribution in [3.63, 3.8) is 0 Å². The number of amides is 2. The molecule has 0 unspecified atom stereocenters. The van der Waals surface area contributed by atoms with E-state index in [1.807, 2.05) is 17.0 Å². The first kappa shape index (κ1) is 13.7. The van der Waals surface area contributed by atoms with Crippen LogP contribution in [0.5, 0.6) is 0 Å². The highest BCUT2D eigenvalue weighted by atomic mass is 35.5. The van der Waals surface area contributed by atoms with Gasteiger partial charge in [-0.3, -0.25) is 4.90 Å². The lowest BCUT2D eigenvalue weighted by Gasteiger charge is -2.22. The van der Waals surface area contributed by atoms with Crippen LogP contribution in [0.25, 0.3) is 0 Å². The van der Waals surface area contributed by atoms with Crippen LogP contribution in [-0.4, -0.2) is 48.1 Å². The summed E-state index contributed by atoms with van der Waals surface area (Å²) in [6, 6.07) is 8.01. The molecule has 2 aliphatic rings. The van der Waals surface area contributed by atoms with E-state index in [4.69, 9.17) is 11.6 Å². The van der Waals surface area contributed by atoms with Crippen molar-refractivity contribution in [3.8, 4) is 0 Å². The largest absolute Gasteiger partial charge is 0.323 e. The van der Waals surface area contributed by atoms with Gasteiger partial charge in [-0.1, -0.05) is 11.6 Å². The van der Waals surface area contributed by atoms with Crippen LogP contribution in [0.3, 0.4) is 0 Å². The molecule has 1 aromatic carbocycles. The fourth-order valence-corrected chi connectivity index (χ4v) is 2.81. The van der Waals surface area contributed by atoms with Crippen molar-refractivity contribution >= 4 is 23.3 Å². The Labute approximate surface area is 124 Å². The summed E-state index contributed by atoms with van der Waals surface area (Å²) in [4.78, 5) is 16.7. The number of carbonyl (C=O) groups excluding carboxylic acids is 1. The molecule has 2 amide bonds. The Morgan fingerprint density at radius 3 is 2.55 bits per heavy atom. The molecule has 0 atom stereocenters. The lowest BCUT2D eigenvalue weighted by atomic mass is 10.3. The van der Waals surface area contributed by atoms with Crippen LogP contribution >= 0.6 is 11.6 Å². The Balaban J connectivity index is 1.55. The molecule has 1 aliphatic heterocycles. The van der Waals surface area contributed by atoms with Gasteiger partial charge in [-0.25, -0.2) is 4.79 Å². The summed E-state index contributed by atoms with van der Waals surface area (Å²) in [6.45, 7) is 3.77. The molecule has 0 aromatic heterocycles. The zero-order valence-electron chi connectivity index (χ0n) is 11.5. The maximum Gasteiger partial charge on any atom is 0.321 e. The third kappa shape index (κ3) is 3.44. The standard InChI is InChI=1S/C15H20ClN3O/c16-12-2-4-13(5-3-12)17-15(20)19-9-1-8-18(10-11-19)14-6-7-14/h2-5,14H,1,6-11H2,(H,17,20). The number of benzene rings is 1. The summed E-state index contributed by atoms with van der Waals surface area (Å²) in [5.41, 5.74) is 0.794. The summed E-state index contributed by atoms with van der Waals surface area (Å²) in [5.74, 6) is 0. The van der Waals surface area contributed by atoms with E-state index in [2.05, 4.69) is 10.2 Å². The molecule has 108 valence electrons. The maximum atomic E-state index is 12.3. The molecule has 1 saturated carbocycles. The molecule has 0 bridgehead atoms. The monoisotopic (exact) mass is 293 g/mol. The van der Waals surface area contributed by atoms with Gasteiger partial charge in [-0.15, -0.1) is 0 Å². The maximum absolute atomic E-state index is 12.3. The topological polar surface area (TPSA) is 35.6 Å². The van der Waals surface area contributed by atoms with Crippen LogP contribution in [0.1, 0.15) is 19.3 Å². The zero-order chi connectivity index (χ0) is 13.9. The van der Waals surface area contributed by atoms with Crippen LogP contribution in [0.15, 0.2) is 24.3 Å². The third-order valence-electron chi connectivity index (χ3n) is 3.98. The van der Waals surface area contributed by atoms with E-state index in [-0.39, 0.29) is 6.03 Å². The molecule has 0 spiro atoms. The minimum absolute atomic E-state index is 0.00929. The SMILES string of the molecule is O=C(Nc1ccc(Cl)cc1)N1CCCN(C2CC2)CC1. The Morgan fingerprint density at radius 2 is 1.85 bits per heavy atom. The average molecular weight is 294 g/mol. The molecule has 5 heteroatoms. The van der Waals surface area contributed by atoms with Gasteiger partial charge in [-0.2, -0.15) is 0 Å². The number of carbonyl (C=O) groups is 1. The first-order chi connectivity index (χ1) is 9.72. The van der Waals surface area contributed by atoms with E-state index in [1.54, 1.807) is 12.1 Å². The number of hydrogen-bond donors (Lipinski definition) is 1. The minimum atomic E-state index is -0.00929. The molecule has 0 radical (unpaired) electrons. The van der Waals surface area contributed by atoms with Crippen molar-refractivity contribution in [2.75, 3.05) is 31.5 Å². The Hall–Kier alpha value is -1.26. The van der Waals surface area contributed by atoms with Gasteiger partial charge in [0.1, 0.15) is 0 Å². The number of nitrogens with zero attached hydrogens (tertiary/aromatic N) is 2. The highest BCUT2D eigenvalue weighted by molar-refractivity contribution is 6.30. The van der Waals surface area contributed by atoms with Crippen LogP contribution in [-0.2, 0) is 0 Å². The van der Waals surface area contributed by atoms with E-state index >= 15 is 0 Å². The van der Waals surface area contributed by atoms with Gasteiger partial charge in [0.25, 0.3) is 0 Å². The summed E-state index contributed by atoms with van der Waals surface area (Å²) in [7, 11) is 0. The molecule has 1 aliphatic carbocycles. The number of nitrogens with one attached hydrogen (secondary N) is 1. The first-order valence-electron chi connectivity index (χ1n) is 7.28. The summed E-state index contributed by atoms with van der Waals surface area (Å²) in [6.07, 6.45) is 3.72. The third-order valence-corrected chi connectivity index (χ3v) is 4.23. The molecule has 2 fully saturated rings. The number of anilines is 1.